The largest absolute Gasteiger partial charge is 0.497 e. The molecule has 0 bridgehead atoms. The van der Waals surface area contributed by atoms with E-state index in [1.165, 1.54) is 5.39 Å². The van der Waals surface area contributed by atoms with Gasteiger partial charge in [0.2, 0.25) is 0 Å². The van der Waals surface area contributed by atoms with Crippen molar-refractivity contribution in [3.8, 4) is 5.75 Å². The lowest BCUT2D eigenvalue weighted by Gasteiger charge is -2.18. The predicted molar refractivity (Wildman–Crippen MR) is 90.5 cm³/mol. The summed E-state index contributed by atoms with van der Waals surface area (Å²) in [4.78, 5) is 12.5. The van der Waals surface area contributed by atoms with Crippen molar-refractivity contribution >= 4 is 27.6 Å². The van der Waals surface area contributed by atoms with Crippen LogP contribution in [0.15, 0.2) is 42.5 Å². The van der Waals surface area contributed by atoms with Crippen molar-refractivity contribution in [1.29, 1.82) is 0 Å². The molecule has 2 aromatic carbocycles. The van der Waals surface area contributed by atoms with Gasteiger partial charge < -0.3 is 9.30 Å². The Morgan fingerprint density at radius 1 is 1.05 bits per heavy atom. The van der Waals surface area contributed by atoms with Crippen molar-refractivity contribution in [2.45, 2.75) is 27.3 Å². The van der Waals surface area contributed by atoms with Gasteiger partial charge in [0.05, 0.1) is 19.2 Å². The number of ether oxygens (including phenoxy) is 1. The molecule has 0 saturated heterocycles. The predicted octanol–water partition coefficient (Wildman–Crippen LogP) is 4.42. The number of hydrogen-bond donors (Lipinski definition) is 0. The highest BCUT2D eigenvalue weighted by atomic mass is 16.5. The Morgan fingerprint density at radius 2 is 1.73 bits per heavy atom. The van der Waals surface area contributed by atoms with Crippen LogP contribution in [-0.2, 0) is 11.3 Å². The highest BCUT2D eigenvalue weighted by molar-refractivity contribution is 6.09. The molecule has 0 spiro atoms. The van der Waals surface area contributed by atoms with E-state index in [9.17, 15) is 4.79 Å². The number of Topliss-reactive ketones (excluding diaryl/α,β-unsaturated/α-hetero) is 1. The number of carbonyl (C=O) groups is 1. The van der Waals surface area contributed by atoms with Crippen LogP contribution in [0.1, 0.15) is 20.8 Å². The molecule has 0 amide bonds. The molecule has 3 heteroatoms. The van der Waals surface area contributed by atoms with Crippen LogP contribution in [0.4, 0.5) is 0 Å². The first-order valence-corrected chi connectivity index (χ1v) is 7.50. The molecule has 0 aliphatic rings. The molecule has 0 atom stereocenters. The van der Waals surface area contributed by atoms with Crippen molar-refractivity contribution in [3.63, 3.8) is 0 Å². The molecule has 3 aromatic rings. The van der Waals surface area contributed by atoms with Crippen molar-refractivity contribution in [2.75, 3.05) is 7.11 Å². The summed E-state index contributed by atoms with van der Waals surface area (Å²) in [7, 11) is 1.66. The highest BCUT2D eigenvalue weighted by Gasteiger charge is 2.23. The van der Waals surface area contributed by atoms with Gasteiger partial charge in [0.15, 0.2) is 5.78 Å². The molecular formula is C19H21NO2. The minimum Gasteiger partial charge on any atom is -0.497 e. The Morgan fingerprint density at radius 3 is 2.41 bits per heavy atom. The van der Waals surface area contributed by atoms with Crippen LogP contribution >= 0.6 is 0 Å². The first-order valence-electron chi connectivity index (χ1n) is 7.50. The Hall–Kier alpha value is -2.29. The van der Waals surface area contributed by atoms with Gasteiger partial charge in [0, 0.05) is 27.8 Å². The number of para-hydroxylation sites is 1. The third kappa shape index (κ3) is 2.37. The number of carbonyl (C=O) groups excluding carboxylic acids is 1. The summed E-state index contributed by atoms with van der Waals surface area (Å²) in [5.41, 5.74) is 1.78. The zero-order valence-electron chi connectivity index (χ0n) is 13.5. The van der Waals surface area contributed by atoms with E-state index in [0.717, 1.165) is 22.2 Å². The molecule has 22 heavy (non-hydrogen) atoms. The van der Waals surface area contributed by atoms with E-state index >= 15 is 0 Å². The van der Waals surface area contributed by atoms with Gasteiger partial charge in [0.25, 0.3) is 0 Å². The number of ketones is 1. The lowest BCUT2D eigenvalue weighted by atomic mass is 9.91. The van der Waals surface area contributed by atoms with E-state index in [1.807, 2.05) is 45.0 Å². The van der Waals surface area contributed by atoms with E-state index in [1.54, 1.807) is 7.11 Å². The fourth-order valence-corrected chi connectivity index (χ4v) is 2.71. The van der Waals surface area contributed by atoms with Gasteiger partial charge in [-0.15, -0.1) is 0 Å². The Kier molecular flexibility index (Phi) is 3.44. The summed E-state index contributed by atoms with van der Waals surface area (Å²) in [6, 6.07) is 14.2. The molecule has 0 N–H and O–H groups in total. The van der Waals surface area contributed by atoms with Crippen LogP contribution in [-0.4, -0.2) is 17.5 Å². The van der Waals surface area contributed by atoms with Crippen LogP contribution in [0, 0.1) is 5.41 Å². The third-order valence-electron chi connectivity index (χ3n) is 4.12. The van der Waals surface area contributed by atoms with E-state index < -0.39 is 0 Å². The highest BCUT2D eigenvalue weighted by Crippen LogP contribution is 2.32. The second-order valence-corrected chi connectivity index (χ2v) is 6.66. The maximum atomic E-state index is 12.5. The van der Waals surface area contributed by atoms with Gasteiger partial charge in [-0.1, -0.05) is 39.0 Å². The molecule has 114 valence electrons. The lowest BCUT2D eigenvalue weighted by molar-refractivity contribution is -0.126. The molecule has 0 unspecified atom stereocenters. The van der Waals surface area contributed by atoms with E-state index in [4.69, 9.17) is 4.74 Å². The van der Waals surface area contributed by atoms with E-state index in [-0.39, 0.29) is 11.2 Å². The summed E-state index contributed by atoms with van der Waals surface area (Å²) in [5.74, 6) is 1.03. The lowest BCUT2D eigenvalue weighted by Crippen LogP contribution is -2.24. The zero-order chi connectivity index (χ0) is 15.9. The van der Waals surface area contributed by atoms with Crippen LogP contribution in [0.3, 0.4) is 0 Å². The van der Waals surface area contributed by atoms with Crippen molar-refractivity contribution in [3.05, 3.63) is 42.5 Å². The zero-order valence-corrected chi connectivity index (χ0v) is 13.5. The minimum atomic E-state index is -0.351. The van der Waals surface area contributed by atoms with Crippen LogP contribution in [0.5, 0.6) is 5.75 Å². The van der Waals surface area contributed by atoms with Crippen molar-refractivity contribution < 1.29 is 9.53 Å². The first kappa shape index (κ1) is 14.6. The molecule has 0 aliphatic carbocycles. The average molecular weight is 295 g/mol. The maximum Gasteiger partial charge on any atom is 0.157 e. The maximum absolute atomic E-state index is 12.5. The van der Waals surface area contributed by atoms with Crippen molar-refractivity contribution in [2.24, 2.45) is 5.41 Å². The molecule has 1 aromatic heterocycles. The minimum absolute atomic E-state index is 0.220. The first-order chi connectivity index (χ1) is 10.4. The van der Waals surface area contributed by atoms with Crippen molar-refractivity contribution in [1.82, 2.24) is 4.57 Å². The van der Waals surface area contributed by atoms with Gasteiger partial charge in [-0.05, 0) is 18.2 Å². The number of methoxy groups -OCH3 is 1. The number of aromatic nitrogens is 1. The topological polar surface area (TPSA) is 31.2 Å². The molecular weight excluding hydrogens is 274 g/mol. The number of hydrogen-bond acceptors (Lipinski definition) is 2. The van der Waals surface area contributed by atoms with Crippen LogP contribution in [0.25, 0.3) is 21.8 Å². The second-order valence-electron chi connectivity index (χ2n) is 6.66. The summed E-state index contributed by atoms with van der Waals surface area (Å²) in [6.07, 6.45) is 0. The standard InChI is InChI=1S/C19H21NO2/c1-19(2,3)18(21)12-20-16-8-6-5-7-14(16)15-10-9-13(22-4)11-17(15)20/h5-11H,12H2,1-4H3. The van der Waals surface area contributed by atoms with Gasteiger partial charge >= 0.3 is 0 Å². The Bertz CT molecular complexity index is 853. The van der Waals surface area contributed by atoms with E-state index in [2.05, 4.69) is 22.8 Å². The quantitative estimate of drug-likeness (QED) is 0.716. The van der Waals surface area contributed by atoms with Gasteiger partial charge in [-0.2, -0.15) is 0 Å². The van der Waals surface area contributed by atoms with Gasteiger partial charge in [-0.25, -0.2) is 0 Å². The van der Waals surface area contributed by atoms with Crippen LogP contribution in [0.2, 0.25) is 0 Å². The summed E-state index contributed by atoms with van der Waals surface area (Å²) in [5, 5.41) is 2.32. The molecule has 3 nitrogen and oxygen atoms in total. The number of fused-ring (bicyclic) bond motifs is 3. The Balaban J connectivity index is 2.26. The molecule has 3 rings (SSSR count). The summed E-state index contributed by atoms with van der Waals surface area (Å²) < 4.78 is 7.45. The Labute approximate surface area is 130 Å². The normalized spacial score (nSPS) is 12.0. The average Bonchev–Trinajstić information content (AvgIpc) is 2.80. The SMILES string of the molecule is COc1ccc2c3ccccc3n(CC(=O)C(C)(C)C)c2c1. The molecule has 0 fully saturated rings. The second kappa shape index (κ2) is 5.16. The summed E-state index contributed by atoms with van der Waals surface area (Å²) >= 11 is 0. The van der Waals surface area contributed by atoms with Crippen LogP contribution < -0.4 is 4.74 Å². The van der Waals surface area contributed by atoms with Gasteiger partial charge in [-0.3, -0.25) is 4.79 Å². The number of rotatable bonds is 3. The fraction of sp³-hybridized carbons (Fsp3) is 0.316. The smallest absolute Gasteiger partial charge is 0.157 e. The number of nitrogens with zero attached hydrogens (tertiary/aromatic N) is 1. The van der Waals surface area contributed by atoms with E-state index in [0.29, 0.717) is 6.54 Å². The molecule has 1 heterocycles. The molecule has 0 saturated carbocycles. The summed E-state index contributed by atoms with van der Waals surface area (Å²) in [6.45, 7) is 6.26. The molecule has 0 aliphatic heterocycles. The number of benzene rings is 2. The molecule has 0 radical (unpaired) electrons. The monoisotopic (exact) mass is 295 g/mol. The van der Waals surface area contributed by atoms with Gasteiger partial charge in [0.1, 0.15) is 5.75 Å². The third-order valence-corrected chi connectivity index (χ3v) is 4.12. The fourth-order valence-electron chi connectivity index (χ4n) is 2.71.